The van der Waals surface area contributed by atoms with Crippen LogP contribution < -0.4 is 10.1 Å². The lowest BCUT2D eigenvalue weighted by Crippen LogP contribution is -2.36. The summed E-state index contributed by atoms with van der Waals surface area (Å²) in [7, 11) is 0. The Morgan fingerprint density at radius 2 is 2.21 bits per heavy atom. The third-order valence-electron chi connectivity index (χ3n) is 2.88. The van der Waals surface area contributed by atoms with Crippen LogP contribution in [0.4, 0.5) is 5.69 Å². The van der Waals surface area contributed by atoms with Gasteiger partial charge in [-0.3, -0.25) is 14.9 Å². The molecule has 0 saturated carbocycles. The van der Waals surface area contributed by atoms with Crippen molar-refractivity contribution in [1.29, 1.82) is 0 Å². The molecule has 2 rings (SSSR count). The molecular weight excluding hydrogens is 272 g/mol. The van der Waals surface area contributed by atoms with Crippen LogP contribution in [0.25, 0.3) is 0 Å². The Morgan fingerprint density at radius 3 is 2.89 bits per heavy atom. The Bertz CT molecular complexity index is 507. The summed E-state index contributed by atoms with van der Waals surface area (Å²) in [6.07, 6.45) is 1.81. The number of hydrogen-bond acceptors (Lipinski definition) is 4. The molecule has 19 heavy (non-hydrogen) atoms. The van der Waals surface area contributed by atoms with Crippen molar-refractivity contribution >= 4 is 23.2 Å². The van der Waals surface area contributed by atoms with Gasteiger partial charge in [0.05, 0.1) is 9.95 Å². The van der Waals surface area contributed by atoms with Crippen LogP contribution >= 0.6 is 11.6 Å². The van der Waals surface area contributed by atoms with Crippen LogP contribution in [0, 0.1) is 10.1 Å². The average Bonchev–Trinajstić information content (AvgIpc) is 2.57. The molecule has 1 heterocycles. The quantitative estimate of drug-likeness (QED) is 0.682. The molecule has 0 bridgehead atoms. The summed E-state index contributed by atoms with van der Waals surface area (Å²) in [5.41, 5.74) is -0.109. The first-order chi connectivity index (χ1) is 9.08. The highest BCUT2D eigenvalue weighted by Gasteiger charge is 2.23. The Balaban J connectivity index is 2.14. The number of nitro benzene ring substituents is 1. The molecule has 1 aliphatic heterocycles. The van der Waals surface area contributed by atoms with Gasteiger partial charge >= 0.3 is 0 Å². The van der Waals surface area contributed by atoms with Crippen LogP contribution in [0.5, 0.6) is 5.75 Å². The lowest BCUT2D eigenvalue weighted by atomic mass is 10.2. The first-order valence-corrected chi connectivity index (χ1v) is 6.34. The molecule has 1 amide bonds. The van der Waals surface area contributed by atoms with Crippen molar-refractivity contribution in [3.8, 4) is 5.75 Å². The van der Waals surface area contributed by atoms with E-state index < -0.39 is 11.0 Å². The maximum absolute atomic E-state index is 11.7. The van der Waals surface area contributed by atoms with E-state index in [1.807, 2.05) is 0 Å². The minimum absolute atomic E-state index is 0.109. The molecule has 1 atom stereocenters. The van der Waals surface area contributed by atoms with Crippen molar-refractivity contribution in [2.75, 3.05) is 6.54 Å². The molecule has 6 nitrogen and oxygen atoms in total. The minimum atomic E-state index is -0.596. The Hall–Kier alpha value is -1.82. The van der Waals surface area contributed by atoms with Gasteiger partial charge < -0.3 is 10.1 Å². The number of nitrogens with one attached hydrogen (secondary N) is 1. The third-order valence-corrected chi connectivity index (χ3v) is 3.18. The van der Waals surface area contributed by atoms with Crippen LogP contribution in [0.15, 0.2) is 18.2 Å². The number of rotatable bonds is 3. The van der Waals surface area contributed by atoms with E-state index in [0.29, 0.717) is 13.0 Å². The van der Waals surface area contributed by atoms with Gasteiger partial charge in [0.25, 0.3) is 11.6 Å². The molecule has 0 aliphatic carbocycles. The van der Waals surface area contributed by atoms with E-state index >= 15 is 0 Å². The molecule has 1 aromatic rings. The van der Waals surface area contributed by atoms with E-state index in [4.69, 9.17) is 16.3 Å². The van der Waals surface area contributed by atoms with Crippen LogP contribution in [0.1, 0.15) is 19.3 Å². The Labute approximate surface area is 114 Å². The Kier molecular flexibility index (Phi) is 4.21. The number of carbonyl (C=O) groups excluding carboxylic acids is 1. The number of non-ortho nitro benzene ring substituents is 1. The summed E-state index contributed by atoms with van der Waals surface area (Å²) < 4.78 is 5.55. The molecule has 1 unspecified atom stereocenters. The summed E-state index contributed by atoms with van der Waals surface area (Å²) in [6.45, 7) is 0.646. The summed E-state index contributed by atoms with van der Waals surface area (Å²) in [5, 5.41) is 13.5. The van der Waals surface area contributed by atoms with E-state index in [-0.39, 0.29) is 22.4 Å². The van der Waals surface area contributed by atoms with E-state index in [1.165, 1.54) is 18.2 Å². The van der Waals surface area contributed by atoms with E-state index in [1.54, 1.807) is 0 Å². The molecule has 1 saturated heterocycles. The monoisotopic (exact) mass is 284 g/mol. The number of nitrogens with zero attached hydrogens (tertiary/aromatic N) is 1. The zero-order chi connectivity index (χ0) is 13.8. The highest BCUT2D eigenvalue weighted by atomic mass is 35.5. The standard InChI is InChI=1S/C12H13ClN2O4/c13-9-7-8(15(17)18)4-5-10(9)19-11-3-1-2-6-14-12(11)16/h4-5,7,11H,1-3,6H2,(H,14,16). The molecule has 0 aromatic heterocycles. The van der Waals surface area contributed by atoms with Crippen molar-refractivity contribution < 1.29 is 14.5 Å². The summed E-state index contributed by atoms with van der Waals surface area (Å²) in [4.78, 5) is 21.8. The fourth-order valence-corrected chi connectivity index (χ4v) is 2.10. The van der Waals surface area contributed by atoms with Crippen molar-refractivity contribution in [3.05, 3.63) is 33.3 Å². The van der Waals surface area contributed by atoms with E-state index in [0.717, 1.165) is 12.8 Å². The van der Waals surface area contributed by atoms with Gasteiger partial charge in [-0.15, -0.1) is 0 Å². The highest BCUT2D eigenvalue weighted by Crippen LogP contribution is 2.30. The van der Waals surface area contributed by atoms with Gasteiger partial charge in [-0.1, -0.05) is 11.6 Å². The van der Waals surface area contributed by atoms with Crippen molar-refractivity contribution in [1.82, 2.24) is 5.32 Å². The van der Waals surface area contributed by atoms with Crippen LogP contribution in [0.2, 0.25) is 5.02 Å². The largest absolute Gasteiger partial charge is 0.479 e. The van der Waals surface area contributed by atoms with Gasteiger partial charge in [0.2, 0.25) is 0 Å². The topological polar surface area (TPSA) is 81.5 Å². The molecule has 1 aliphatic rings. The molecule has 0 spiro atoms. The lowest BCUT2D eigenvalue weighted by molar-refractivity contribution is -0.384. The Morgan fingerprint density at radius 1 is 1.42 bits per heavy atom. The second kappa shape index (κ2) is 5.88. The number of hydrogen-bond donors (Lipinski definition) is 1. The first kappa shape index (κ1) is 13.6. The summed E-state index contributed by atoms with van der Waals surface area (Å²) in [5.74, 6) is 0.112. The van der Waals surface area contributed by atoms with E-state index in [2.05, 4.69) is 5.32 Å². The maximum Gasteiger partial charge on any atom is 0.271 e. The van der Waals surface area contributed by atoms with Crippen LogP contribution in [0.3, 0.4) is 0 Å². The zero-order valence-corrected chi connectivity index (χ0v) is 10.9. The van der Waals surface area contributed by atoms with Gasteiger partial charge in [-0.25, -0.2) is 0 Å². The van der Waals surface area contributed by atoms with E-state index in [9.17, 15) is 14.9 Å². The number of amides is 1. The van der Waals surface area contributed by atoms with Crippen molar-refractivity contribution in [3.63, 3.8) is 0 Å². The van der Waals surface area contributed by atoms with Gasteiger partial charge in [0.15, 0.2) is 6.10 Å². The fraction of sp³-hybridized carbons (Fsp3) is 0.417. The SMILES string of the molecule is O=C1NCCCCC1Oc1ccc([N+](=O)[O-])cc1Cl. The number of benzene rings is 1. The summed E-state index contributed by atoms with van der Waals surface area (Å²) in [6, 6.07) is 3.93. The second-order valence-electron chi connectivity index (χ2n) is 4.27. The highest BCUT2D eigenvalue weighted by molar-refractivity contribution is 6.32. The molecule has 102 valence electrons. The van der Waals surface area contributed by atoms with Crippen LogP contribution in [-0.4, -0.2) is 23.5 Å². The summed E-state index contributed by atoms with van der Waals surface area (Å²) >= 11 is 5.92. The number of nitro groups is 1. The first-order valence-electron chi connectivity index (χ1n) is 5.96. The number of carbonyl (C=O) groups is 1. The lowest BCUT2D eigenvalue weighted by Gasteiger charge is -2.16. The molecule has 7 heteroatoms. The maximum atomic E-state index is 11.7. The molecule has 0 radical (unpaired) electrons. The fourth-order valence-electron chi connectivity index (χ4n) is 1.88. The predicted molar refractivity (Wildman–Crippen MR) is 69.4 cm³/mol. The molecular formula is C12H13ClN2O4. The predicted octanol–water partition coefficient (Wildman–Crippen LogP) is 2.30. The number of ether oxygens (including phenoxy) is 1. The molecule has 1 fully saturated rings. The van der Waals surface area contributed by atoms with Crippen LogP contribution in [-0.2, 0) is 4.79 Å². The third kappa shape index (κ3) is 3.35. The molecule has 1 N–H and O–H groups in total. The normalized spacial score (nSPS) is 19.4. The van der Waals surface area contributed by atoms with Gasteiger partial charge in [0, 0.05) is 18.7 Å². The second-order valence-corrected chi connectivity index (χ2v) is 4.67. The van der Waals surface area contributed by atoms with Crippen molar-refractivity contribution in [2.45, 2.75) is 25.4 Å². The number of halogens is 1. The van der Waals surface area contributed by atoms with Gasteiger partial charge in [-0.2, -0.15) is 0 Å². The average molecular weight is 285 g/mol. The van der Waals surface area contributed by atoms with Gasteiger partial charge in [0.1, 0.15) is 5.75 Å². The van der Waals surface area contributed by atoms with Gasteiger partial charge in [-0.05, 0) is 25.3 Å². The molecule has 1 aromatic carbocycles. The minimum Gasteiger partial charge on any atom is -0.479 e. The smallest absolute Gasteiger partial charge is 0.271 e. The van der Waals surface area contributed by atoms with Crippen molar-refractivity contribution in [2.24, 2.45) is 0 Å². The zero-order valence-electron chi connectivity index (χ0n) is 10.1.